The molecule has 3 heteroatoms. The van der Waals surface area contributed by atoms with Crippen molar-refractivity contribution < 1.29 is 5.11 Å². The van der Waals surface area contributed by atoms with Crippen molar-refractivity contribution in [2.75, 3.05) is 26.2 Å². The molecule has 4 atom stereocenters. The maximum Gasteiger partial charge on any atom is 0.0434 e. The zero-order valence-corrected chi connectivity index (χ0v) is 13.3. The molecule has 0 spiro atoms. The Morgan fingerprint density at radius 1 is 1.15 bits per heavy atom. The predicted molar refractivity (Wildman–Crippen MR) is 84.6 cm³/mol. The van der Waals surface area contributed by atoms with E-state index in [2.05, 4.69) is 11.8 Å². The van der Waals surface area contributed by atoms with Crippen LogP contribution in [0.3, 0.4) is 0 Å². The fourth-order valence-corrected chi connectivity index (χ4v) is 4.33. The van der Waals surface area contributed by atoms with Crippen molar-refractivity contribution in [3.63, 3.8) is 0 Å². The van der Waals surface area contributed by atoms with Gasteiger partial charge in [-0.3, -0.25) is 0 Å². The Kier molecular flexibility index (Phi) is 6.79. The van der Waals surface area contributed by atoms with Crippen LogP contribution in [0.25, 0.3) is 0 Å². The summed E-state index contributed by atoms with van der Waals surface area (Å²) < 4.78 is 0. The summed E-state index contributed by atoms with van der Waals surface area (Å²) in [7, 11) is 0. The van der Waals surface area contributed by atoms with E-state index in [0.717, 1.165) is 12.3 Å². The van der Waals surface area contributed by atoms with E-state index in [1.165, 1.54) is 64.6 Å². The first-order valence-electron chi connectivity index (χ1n) is 8.81. The van der Waals surface area contributed by atoms with Gasteiger partial charge in [0.1, 0.15) is 0 Å². The van der Waals surface area contributed by atoms with Crippen LogP contribution < -0.4 is 5.73 Å². The summed E-state index contributed by atoms with van der Waals surface area (Å²) in [4.78, 5) is 2.63. The molecular weight excluding hydrogens is 248 g/mol. The number of piperidine rings is 1. The highest BCUT2D eigenvalue weighted by Gasteiger charge is 2.30. The van der Waals surface area contributed by atoms with Gasteiger partial charge in [0, 0.05) is 25.7 Å². The van der Waals surface area contributed by atoms with E-state index >= 15 is 0 Å². The fraction of sp³-hybridized carbons (Fsp3) is 1.00. The molecule has 1 saturated carbocycles. The molecule has 2 rings (SSSR count). The zero-order valence-electron chi connectivity index (χ0n) is 13.3. The predicted octanol–water partition coefficient (Wildman–Crippen LogP) is 2.62. The lowest BCUT2D eigenvalue weighted by Gasteiger charge is -2.40. The van der Waals surface area contributed by atoms with Gasteiger partial charge in [-0.15, -0.1) is 0 Å². The van der Waals surface area contributed by atoms with Crippen molar-refractivity contribution in [1.29, 1.82) is 0 Å². The molecule has 0 radical (unpaired) electrons. The lowest BCUT2D eigenvalue weighted by molar-refractivity contribution is 0.103. The average Bonchev–Trinajstić information content (AvgIpc) is 2.44. The Morgan fingerprint density at radius 3 is 2.75 bits per heavy atom. The molecule has 0 amide bonds. The number of aliphatic hydroxyl groups is 1. The second-order valence-electron chi connectivity index (χ2n) is 7.17. The van der Waals surface area contributed by atoms with Gasteiger partial charge in [-0.05, 0) is 62.8 Å². The molecule has 2 aliphatic rings. The number of hydrogen-bond donors (Lipinski definition) is 2. The molecule has 1 aliphatic carbocycles. The second kappa shape index (κ2) is 8.35. The smallest absolute Gasteiger partial charge is 0.0434 e. The van der Waals surface area contributed by atoms with Crippen molar-refractivity contribution in [1.82, 2.24) is 4.90 Å². The third kappa shape index (κ3) is 4.71. The molecule has 0 bridgehead atoms. The average molecular weight is 282 g/mol. The Hall–Kier alpha value is -0.120. The summed E-state index contributed by atoms with van der Waals surface area (Å²) in [6, 6.07) is 0.418. The topological polar surface area (TPSA) is 49.5 Å². The number of nitrogens with zero attached hydrogens (tertiary/aromatic N) is 1. The van der Waals surface area contributed by atoms with Crippen LogP contribution in [0.5, 0.6) is 0 Å². The summed E-state index contributed by atoms with van der Waals surface area (Å²) in [5.41, 5.74) is 6.38. The van der Waals surface area contributed by atoms with Gasteiger partial charge in [-0.1, -0.05) is 19.8 Å². The normalized spacial score (nSPS) is 36.1. The molecular formula is C17H34N2O. The van der Waals surface area contributed by atoms with E-state index in [1.54, 1.807) is 0 Å². The molecule has 1 heterocycles. The van der Waals surface area contributed by atoms with E-state index < -0.39 is 0 Å². The third-order valence-electron chi connectivity index (χ3n) is 5.48. The highest BCUT2D eigenvalue weighted by molar-refractivity contribution is 4.86. The van der Waals surface area contributed by atoms with Crippen LogP contribution in [-0.2, 0) is 0 Å². The third-order valence-corrected chi connectivity index (χ3v) is 5.48. The molecule has 0 aromatic carbocycles. The SMILES string of the molecule is CCCC1CCC(N)C(CN2CCCC(CCO)C2)C1. The van der Waals surface area contributed by atoms with Gasteiger partial charge in [0.25, 0.3) is 0 Å². The molecule has 118 valence electrons. The van der Waals surface area contributed by atoms with Crippen molar-refractivity contribution in [2.45, 2.75) is 64.3 Å². The van der Waals surface area contributed by atoms with E-state index in [-0.39, 0.29) is 0 Å². The van der Waals surface area contributed by atoms with Gasteiger partial charge in [0.15, 0.2) is 0 Å². The van der Waals surface area contributed by atoms with Gasteiger partial charge in [-0.25, -0.2) is 0 Å². The van der Waals surface area contributed by atoms with Gasteiger partial charge in [-0.2, -0.15) is 0 Å². The first-order valence-corrected chi connectivity index (χ1v) is 8.81. The lowest BCUT2D eigenvalue weighted by Crippen LogP contribution is -2.46. The molecule has 0 aromatic heterocycles. The minimum Gasteiger partial charge on any atom is -0.396 e. The van der Waals surface area contributed by atoms with Gasteiger partial charge < -0.3 is 15.7 Å². The summed E-state index contributed by atoms with van der Waals surface area (Å²) in [6.45, 7) is 6.27. The van der Waals surface area contributed by atoms with Crippen molar-refractivity contribution in [3.05, 3.63) is 0 Å². The molecule has 4 unspecified atom stereocenters. The molecule has 1 aliphatic heterocycles. The van der Waals surface area contributed by atoms with Crippen LogP contribution >= 0.6 is 0 Å². The maximum absolute atomic E-state index is 9.12. The number of aliphatic hydroxyl groups excluding tert-OH is 1. The first kappa shape index (κ1) is 16.3. The summed E-state index contributed by atoms with van der Waals surface area (Å²) in [5, 5.41) is 9.12. The molecule has 20 heavy (non-hydrogen) atoms. The van der Waals surface area contributed by atoms with Crippen LogP contribution in [0.2, 0.25) is 0 Å². The van der Waals surface area contributed by atoms with Gasteiger partial charge in [0.05, 0.1) is 0 Å². The molecule has 3 N–H and O–H groups in total. The lowest BCUT2D eigenvalue weighted by atomic mass is 9.76. The fourth-order valence-electron chi connectivity index (χ4n) is 4.33. The van der Waals surface area contributed by atoms with Crippen LogP contribution in [0, 0.1) is 17.8 Å². The molecule has 3 nitrogen and oxygen atoms in total. The highest BCUT2D eigenvalue weighted by Crippen LogP contribution is 2.32. The Bertz CT molecular complexity index is 270. The molecule has 0 aromatic rings. The molecule has 1 saturated heterocycles. The van der Waals surface area contributed by atoms with E-state index in [4.69, 9.17) is 10.8 Å². The summed E-state index contributed by atoms with van der Waals surface area (Å²) in [6.07, 6.45) is 10.2. The monoisotopic (exact) mass is 282 g/mol. The summed E-state index contributed by atoms with van der Waals surface area (Å²) in [5.74, 6) is 2.33. The van der Waals surface area contributed by atoms with Crippen LogP contribution in [-0.4, -0.2) is 42.3 Å². The first-order chi connectivity index (χ1) is 9.72. The standard InChI is InChI=1S/C17H34N2O/c1-2-4-14-6-7-17(18)16(11-14)13-19-9-3-5-15(12-19)8-10-20/h14-17,20H,2-13,18H2,1H3. The quantitative estimate of drug-likeness (QED) is 0.787. The minimum atomic E-state index is 0.347. The van der Waals surface area contributed by atoms with Crippen LogP contribution in [0.1, 0.15) is 58.3 Å². The van der Waals surface area contributed by atoms with E-state index in [0.29, 0.717) is 24.5 Å². The Labute approximate surface area is 124 Å². The number of rotatable bonds is 6. The Balaban J connectivity index is 1.80. The largest absolute Gasteiger partial charge is 0.396 e. The maximum atomic E-state index is 9.12. The number of nitrogens with two attached hydrogens (primary N) is 1. The number of hydrogen-bond acceptors (Lipinski definition) is 3. The van der Waals surface area contributed by atoms with Gasteiger partial charge >= 0.3 is 0 Å². The highest BCUT2D eigenvalue weighted by atomic mass is 16.3. The van der Waals surface area contributed by atoms with Gasteiger partial charge in [0.2, 0.25) is 0 Å². The second-order valence-corrected chi connectivity index (χ2v) is 7.17. The van der Waals surface area contributed by atoms with E-state index in [9.17, 15) is 0 Å². The van der Waals surface area contributed by atoms with E-state index in [1.807, 2.05) is 0 Å². The van der Waals surface area contributed by atoms with Crippen molar-refractivity contribution in [2.24, 2.45) is 23.5 Å². The Morgan fingerprint density at radius 2 is 2.00 bits per heavy atom. The zero-order chi connectivity index (χ0) is 14.4. The summed E-state index contributed by atoms with van der Waals surface area (Å²) >= 11 is 0. The van der Waals surface area contributed by atoms with Crippen molar-refractivity contribution in [3.8, 4) is 0 Å². The molecule has 2 fully saturated rings. The minimum absolute atomic E-state index is 0.347. The number of likely N-dealkylation sites (tertiary alicyclic amines) is 1. The van der Waals surface area contributed by atoms with Crippen LogP contribution in [0.4, 0.5) is 0 Å². The van der Waals surface area contributed by atoms with Crippen molar-refractivity contribution >= 4 is 0 Å². The van der Waals surface area contributed by atoms with Crippen LogP contribution in [0.15, 0.2) is 0 Å².